The van der Waals surface area contributed by atoms with Crippen LogP contribution in [-0.4, -0.2) is 16.5 Å². The van der Waals surface area contributed by atoms with Crippen LogP contribution in [0.1, 0.15) is 23.2 Å². The van der Waals surface area contributed by atoms with Crippen molar-refractivity contribution < 1.29 is 4.74 Å². The third kappa shape index (κ3) is 3.01. The highest BCUT2D eigenvalue weighted by Gasteiger charge is 2.28. The molecule has 4 aromatic carbocycles. The zero-order valence-corrected chi connectivity index (χ0v) is 18.6. The summed E-state index contributed by atoms with van der Waals surface area (Å²) >= 11 is 0. The van der Waals surface area contributed by atoms with Crippen molar-refractivity contribution in [2.75, 3.05) is 7.11 Å². The zero-order chi connectivity index (χ0) is 23.2. The molecular weight excluding hydrogens is 424 g/mol. The molecule has 34 heavy (non-hydrogen) atoms. The number of fused-ring (bicyclic) bond motifs is 3. The van der Waals surface area contributed by atoms with E-state index in [1.54, 1.807) is 22.5 Å². The average molecular weight is 447 g/mol. The molecule has 5 nitrogen and oxygen atoms in total. The minimum Gasteiger partial charge on any atom is -0.496 e. The number of hydrogen-bond acceptors (Lipinski definition) is 3. The van der Waals surface area contributed by atoms with E-state index in [9.17, 15) is 9.59 Å². The molecule has 0 radical (unpaired) electrons. The standard InChI is InChI=1S/C29H22N2O3/c1-34-27-14-8-13-21-17-23-24(18-22(21)27)29(33)31-26(20-11-6-3-7-12-20)16-15-25(30(31)28(23)32)19-9-4-2-5-10-19/h2-18,25-26H,1H3. The summed E-state index contributed by atoms with van der Waals surface area (Å²) in [7, 11) is 1.61. The summed E-state index contributed by atoms with van der Waals surface area (Å²) in [5, 5.41) is 2.46. The molecule has 0 aliphatic carbocycles. The van der Waals surface area contributed by atoms with E-state index < -0.39 is 0 Å². The topological polar surface area (TPSA) is 53.2 Å². The fourth-order valence-electron chi connectivity index (χ4n) is 4.97. The lowest BCUT2D eigenvalue weighted by molar-refractivity contribution is 0.388. The molecular formula is C29H22N2O3. The van der Waals surface area contributed by atoms with Crippen LogP contribution in [0.25, 0.3) is 21.5 Å². The molecule has 5 heteroatoms. The molecule has 0 bridgehead atoms. The number of aromatic nitrogens is 2. The summed E-state index contributed by atoms with van der Waals surface area (Å²) in [5.41, 5.74) is 1.49. The molecule has 0 amide bonds. The van der Waals surface area contributed by atoms with Crippen molar-refractivity contribution in [3.05, 3.63) is 135 Å². The molecule has 0 N–H and O–H groups in total. The molecule has 5 aromatic rings. The summed E-state index contributed by atoms with van der Waals surface area (Å²) < 4.78 is 8.75. The van der Waals surface area contributed by atoms with Gasteiger partial charge in [-0.15, -0.1) is 0 Å². The Labute approximate surface area is 195 Å². The fourth-order valence-corrected chi connectivity index (χ4v) is 4.97. The Morgan fingerprint density at radius 2 is 1.15 bits per heavy atom. The number of methoxy groups -OCH3 is 1. The van der Waals surface area contributed by atoms with E-state index >= 15 is 0 Å². The first-order chi connectivity index (χ1) is 16.7. The van der Waals surface area contributed by atoms with Crippen LogP contribution in [-0.2, 0) is 0 Å². The predicted molar refractivity (Wildman–Crippen MR) is 135 cm³/mol. The van der Waals surface area contributed by atoms with Gasteiger partial charge in [-0.05, 0) is 34.7 Å². The van der Waals surface area contributed by atoms with Gasteiger partial charge in [0.05, 0.1) is 30.0 Å². The van der Waals surface area contributed by atoms with E-state index in [2.05, 4.69) is 0 Å². The Balaban J connectivity index is 1.73. The number of benzene rings is 4. The Morgan fingerprint density at radius 3 is 1.68 bits per heavy atom. The van der Waals surface area contributed by atoms with Crippen molar-refractivity contribution in [2.24, 2.45) is 0 Å². The van der Waals surface area contributed by atoms with Gasteiger partial charge in [0.15, 0.2) is 0 Å². The molecule has 1 aliphatic rings. The molecule has 0 saturated carbocycles. The monoisotopic (exact) mass is 446 g/mol. The summed E-state index contributed by atoms with van der Waals surface area (Å²) in [5.74, 6) is 0.670. The lowest BCUT2D eigenvalue weighted by Gasteiger charge is -2.31. The lowest BCUT2D eigenvalue weighted by atomic mass is 9.98. The smallest absolute Gasteiger partial charge is 0.274 e. The van der Waals surface area contributed by atoms with Gasteiger partial charge in [0, 0.05) is 5.39 Å². The number of hydrogen-bond donors (Lipinski definition) is 0. The second kappa shape index (κ2) is 7.89. The van der Waals surface area contributed by atoms with Crippen LogP contribution < -0.4 is 15.9 Å². The highest BCUT2D eigenvalue weighted by molar-refractivity contribution is 6.00. The van der Waals surface area contributed by atoms with Crippen molar-refractivity contribution in [3.63, 3.8) is 0 Å². The second-order valence-corrected chi connectivity index (χ2v) is 8.47. The predicted octanol–water partition coefficient (Wildman–Crippen LogP) is 5.07. The van der Waals surface area contributed by atoms with Crippen LogP contribution in [0.15, 0.2) is 113 Å². The van der Waals surface area contributed by atoms with Crippen molar-refractivity contribution in [3.8, 4) is 5.75 Å². The average Bonchev–Trinajstić information content (AvgIpc) is 2.90. The van der Waals surface area contributed by atoms with Gasteiger partial charge in [-0.3, -0.25) is 9.59 Å². The van der Waals surface area contributed by atoms with Crippen LogP contribution in [0.2, 0.25) is 0 Å². The molecule has 0 saturated heterocycles. The molecule has 1 aromatic heterocycles. The van der Waals surface area contributed by atoms with Crippen molar-refractivity contribution in [2.45, 2.75) is 12.1 Å². The van der Waals surface area contributed by atoms with Crippen LogP contribution >= 0.6 is 0 Å². The van der Waals surface area contributed by atoms with Crippen molar-refractivity contribution in [1.29, 1.82) is 0 Å². The quantitative estimate of drug-likeness (QED) is 0.287. The minimum absolute atomic E-state index is 0.196. The van der Waals surface area contributed by atoms with Gasteiger partial charge in [-0.1, -0.05) is 84.9 Å². The molecule has 1 aliphatic heterocycles. The molecule has 166 valence electrons. The first kappa shape index (κ1) is 20.2. The van der Waals surface area contributed by atoms with Gasteiger partial charge in [-0.2, -0.15) is 0 Å². The van der Waals surface area contributed by atoms with Crippen LogP contribution in [0.5, 0.6) is 5.75 Å². The van der Waals surface area contributed by atoms with Crippen LogP contribution in [0, 0.1) is 0 Å². The van der Waals surface area contributed by atoms with Gasteiger partial charge in [0.2, 0.25) is 0 Å². The Bertz CT molecular complexity index is 1680. The van der Waals surface area contributed by atoms with Crippen molar-refractivity contribution >= 4 is 21.5 Å². The summed E-state index contributed by atoms with van der Waals surface area (Å²) in [6.45, 7) is 0. The maximum absolute atomic E-state index is 14.1. The molecule has 6 rings (SSSR count). The third-order valence-corrected chi connectivity index (χ3v) is 6.59. The number of allylic oxidation sites excluding steroid dienone is 2. The van der Waals surface area contributed by atoms with E-state index in [-0.39, 0.29) is 23.2 Å². The van der Waals surface area contributed by atoms with E-state index in [0.717, 1.165) is 21.9 Å². The van der Waals surface area contributed by atoms with E-state index in [1.807, 2.05) is 97.1 Å². The minimum atomic E-state index is -0.390. The summed E-state index contributed by atoms with van der Waals surface area (Å²) in [4.78, 5) is 28.1. The van der Waals surface area contributed by atoms with Crippen molar-refractivity contribution in [1.82, 2.24) is 9.36 Å². The van der Waals surface area contributed by atoms with Crippen LogP contribution in [0.4, 0.5) is 0 Å². The van der Waals surface area contributed by atoms with Gasteiger partial charge >= 0.3 is 0 Å². The number of rotatable bonds is 3. The zero-order valence-electron chi connectivity index (χ0n) is 18.6. The van der Waals surface area contributed by atoms with Gasteiger partial charge < -0.3 is 4.74 Å². The van der Waals surface area contributed by atoms with E-state index in [0.29, 0.717) is 16.5 Å². The van der Waals surface area contributed by atoms with Gasteiger partial charge in [-0.25, -0.2) is 9.36 Å². The molecule has 2 unspecified atom stereocenters. The Kier molecular flexibility index (Phi) is 4.69. The second-order valence-electron chi connectivity index (χ2n) is 8.47. The molecule has 0 fully saturated rings. The molecule has 2 heterocycles. The largest absolute Gasteiger partial charge is 0.496 e. The fraction of sp³-hybridized carbons (Fsp3) is 0.103. The normalized spacial score (nSPS) is 17.1. The Hall–Kier alpha value is -4.38. The highest BCUT2D eigenvalue weighted by Crippen LogP contribution is 2.31. The highest BCUT2D eigenvalue weighted by atomic mass is 16.5. The van der Waals surface area contributed by atoms with Crippen LogP contribution in [0.3, 0.4) is 0 Å². The first-order valence-corrected chi connectivity index (χ1v) is 11.2. The molecule has 2 atom stereocenters. The first-order valence-electron chi connectivity index (χ1n) is 11.2. The summed E-state index contributed by atoms with van der Waals surface area (Å²) in [6, 6.07) is 28.1. The summed E-state index contributed by atoms with van der Waals surface area (Å²) in [6.07, 6.45) is 4.03. The third-order valence-electron chi connectivity index (χ3n) is 6.59. The van der Waals surface area contributed by atoms with Gasteiger partial charge in [0.25, 0.3) is 11.1 Å². The molecule has 0 spiro atoms. The maximum Gasteiger partial charge on any atom is 0.274 e. The van der Waals surface area contributed by atoms with E-state index in [1.165, 1.54) is 0 Å². The van der Waals surface area contributed by atoms with Gasteiger partial charge in [0.1, 0.15) is 5.75 Å². The number of nitrogens with zero attached hydrogens (tertiary/aromatic N) is 2. The number of ether oxygens (including phenoxy) is 1. The van der Waals surface area contributed by atoms with E-state index in [4.69, 9.17) is 4.74 Å². The SMILES string of the molecule is COc1cccc2cc3c(=O)n4n(c(=O)c3cc12)C(c1ccccc1)C=CC4c1ccccc1. The Morgan fingerprint density at radius 1 is 0.618 bits per heavy atom. The lowest BCUT2D eigenvalue weighted by Crippen LogP contribution is -2.44. The maximum atomic E-state index is 14.1.